The van der Waals surface area contributed by atoms with E-state index in [1.54, 1.807) is 14.2 Å². The molecule has 31 heavy (non-hydrogen) atoms. The second-order valence-corrected chi connectivity index (χ2v) is 12.6. The van der Waals surface area contributed by atoms with Gasteiger partial charge in [-0.05, 0) is 24.6 Å². The van der Waals surface area contributed by atoms with Gasteiger partial charge in [0.1, 0.15) is 8.07 Å². The summed E-state index contributed by atoms with van der Waals surface area (Å²) in [6.45, 7) is 10.5. The van der Waals surface area contributed by atoms with Crippen molar-refractivity contribution in [2.24, 2.45) is 4.99 Å². The fraction of sp³-hybridized carbons (Fsp3) is 0.400. The predicted octanol–water partition coefficient (Wildman–Crippen LogP) is 4.93. The van der Waals surface area contributed by atoms with Crippen LogP contribution in [0, 0.1) is 11.5 Å². The fourth-order valence-corrected chi connectivity index (χ4v) is 3.32. The van der Waals surface area contributed by atoms with E-state index in [1.165, 1.54) is 0 Å². The Hall–Kier alpha value is -2.75. The van der Waals surface area contributed by atoms with Gasteiger partial charge in [-0.3, -0.25) is 0 Å². The van der Waals surface area contributed by atoms with Crippen molar-refractivity contribution < 1.29 is 18.9 Å². The van der Waals surface area contributed by atoms with Crippen molar-refractivity contribution in [1.82, 2.24) is 0 Å². The van der Waals surface area contributed by atoms with Crippen molar-refractivity contribution in [3.05, 3.63) is 59.2 Å². The van der Waals surface area contributed by atoms with Crippen molar-refractivity contribution in [3.63, 3.8) is 0 Å². The van der Waals surface area contributed by atoms with E-state index in [0.717, 1.165) is 16.7 Å². The average Bonchev–Trinajstić information content (AvgIpc) is 2.76. The van der Waals surface area contributed by atoms with Gasteiger partial charge < -0.3 is 18.9 Å². The van der Waals surface area contributed by atoms with Crippen molar-refractivity contribution in [2.45, 2.75) is 33.2 Å². The van der Waals surface area contributed by atoms with E-state index < -0.39 is 8.07 Å². The van der Waals surface area contributed by atoms with Gasteiger partial charge in [-0.15, -0.1) is 5.54 Å². The Balaban J connectivity index is 2.31. The van der Waals surface area contributed by atoms with Crippen molar-refractivity contribution in [3.8, 4) is 23.0 Å². The van der Waals surface area contributed by atoms with Crippen LogP contribution in [0.1, 0.15) is 23.6 Å². The first kappa shape index (κ1) is 24.5. The maximum absolute atomic E-state index is 5.91. The topological polar surface area (TPSA) is 49.3 Å². The molecule has 2 aromatic rings. The van der Waals surface area contributed by atoms with Crippen LogP contribution in [0.5, 0.6) is 11.5 Å². The zero-order valence-electron chi connectivity index (χ0n) is 19.5. The molecule has 0 aliphatic heterocycles. The summed E-state index contributed by atoms with van der Waals surface area (Å²) in [5.41, 5.74) is 6.09. The number of hydrogen-bond donors (Lipinski definition) is 0. The first-order valence-electron chi connectivity index (χ1n) is 10.5. The third-order valence-electron chi connectivity index (χ3n) is 4.22. The number of methoxy groups -OCH3 is 2. The van der Waals surface area contributed by atoms with Gasteiger partial charge in [0.25, 0.3) is 0 Å². The Morgan fingerprint density at radius 2 is 1.74 bits per heavy atom. The highest BCUT2D eigenvalue weighted by molar-refractivity contribution is 6.83. The van der Waals surface area contributed by atoms with Gasteiger partial charge in [0, 0.05) is 5.56 Å². The molecular formula is C25H33NO4Si. The van der Waals surface area contributed by atoms with E-state index >= 15 is 0 Å². The maximum atomic E-state index is 5.91. The highest BCUT2D eigenvalue weighted by Crippen LogP contribution is 2.34. The number of rotatable bonds is 9. The van der Waals surface area contributed by atoms with Gasteiger partial charge in [-0.2, -0.15) is 0 Å². The summed E-state index contributed by atoms with van der Waals surface area (Å²) >= 11 is 0. The lowest BCUT2D eigenvalue weighted by molar-refractivity contribution is 0.128. The molecule has 0 aliphatic rings. The molecule has 0 saturated carbocycles. The number of nitrogens with zero attached hydrogens (tertiary/aromatic N) is 1. The summed E-state index contributed by atoms with van der Waals surface area (Å²) in [5, 5.41) is 0. The SMILES string of the molecule is CCOC(=NCCOCc1ccccc1)c1c(C#C[Si](C)(C)C)ccc(OC)c1OC. The molecule has 0 spiro atoms. The van der Waals surface area contributed by atoms with E-state index in [2.05, 4.69) is 36.1 Å². The zero-order valence-corrected chi connectivity index (χ0v) is 20.5. The minimum atomic E-state index is -1.57. The Morgan fingerprint density at radius 3 is 2.35 bits per heavy atom. The first-order valence-corrected chi connectivity index (χ1v) is 14.0. The molecule has 0 aliphatic carbocycles. The lowest BCUT2D eigenvalue weighted by Gasteiger charge is -2.17. The number of hydrogen-bond acceptors (Lipinski definition) is 5. The van der Waals surface area contributed by atoms with Gasteiger partial charge >= 0.3 is 0 Å². The van der Waals surface area contributed by atoms with Crippen molar-refractivity contribution in [1.29, 1.82) is 0 Å². The Kier molecular flexibility index (Phi) is 9.64. The number of benzene rings is 2. The standard InChI is InChI=1S/C25H33NO4Si/c1-7-30-25(26-16-17-29-19-20-11-9-8-10-12-20)23-21(15-18-31(4,5)6)13-14-22(27-2)24(23)28-3/h8-14H,7,16-17,19H2,1-6H3. The van der Waals surface area contributed by atoms with Gasteiger partial charge in [0.05, 0.1) is 46.1 Å². The van der Waals surface area contributed by atoms with Crippen LogP contribution in [-0.4, -0.2) is 47.9 Å². The lowest BCUT2D eigenvalue weighted by atomic mass is 10.1. The minimum absolute atomic E-state index is 0.462. The molecule has 2 rings (SSSR count). The van der Waals surface area contributed by atoms with Crippen LogP contribution >= 0.6 is 0 Å². The summed E-state index contributed by atoms with van der Waals surface area (Å²) in [6, 6.07) is 13.9. The van der Waals surface area contributed by atoms with E-state index in [0.29, 0.717) is 43.8 Å². The second kappa shape index (κ2) is 12.2. The van der Waals surface area contributed by atoms with Gasteiger partial charge in [-0.25, -0.2) is 4.99 Å². The first-order chi connectivity index (χ1) is 14.9. The predicted molar refractivity (Wildman–Crippen MR) is 129 cm³/mol. The Morgan fingerprint density at radius 1 is 1.00 bits per heavy atom. The van der Waals surface area contributed by atoms with Crippen LogP contribution in [0.25, 0.3) is 0 Å². The number of ether oxygens (including phenoxy) is 4. The molecule has 0 aromatic heterocycles. The monoisotopic (exact) mass is 439 g/mol. The largest absolute Gasteiger partial charge is 0.493 e. The van der Waals surface area contributed by atoms with Crippen LogP contribution in [0.15, 0.2) is 47.5 Å². The van der Waals surface area contributed by atoms with E-state index in [-0.39, 0.29) is 0 Å². The Bertz CT molecular complexity index is 924. The van der Waals surface area contributed by atoms with Crippen LogP contribution in [-0.2, 0) is 16.1 Å². The fourth-order valence-electron chi connectivity index (χ4n) is 2.81. The lowest BCUT2D eigenvalue weighted by Crippen LogP contribution is -2.17. The summed E-state index contributed by atoms with van der Waals surface area (Å²) in [6.07, 6.45) is 0. The molecule has 166 valence electrons. The van der Waals surface area contributed by atoms with Crippen molar-refractivity contribution >= 4 is 14.0 Å². The van der Waals surface area contributed by atoms with Crippen LogP contribution < -0.4 is 9.47 Å². The van der Waals surface area contributed by atoms with Crippen LogP contribution in [0.2, 0.25) is 19.6 Å². The van der Waals surface area contributed by atoms with E-state index in [1.807, 2.05) is 49.4 Å². The highest BCUT2D eigenvalue weighted by atomic mass is 28.3. The van der Waals surface area contributed by atoms with Crippen molar-refractivity contribution in [2.75, 3.05) is 34.0 Å². The maximum Gasteiger partial charge on any atom is 0.221 e. The summed E-state index contributed by atoms with van der Waals surface area (Å²) in [4.78, 5) is 4.68. The highest BCUT2D eigenvalue weighted by Gasteiger charge is 2.21. The molecule has 0 heterocycles. The van der Waals surface area contributed by atoms with Gasteiger partial charge in [0.15, 0.2) is 11.5 Å². The molecule has 0 amide bonds. The van der Waals surface area contributed by atoms with Crippen LogP contribution in [0.3, 0.4) is 0 Å². The van der Waals surface area contributed by atoms with Crippen LogP contribution in [0.4, 0.5) is 0 Å². The molecule has 0 fully saturated rings. The second-order valence-electron chi connectivity index (χ2n) is 7.88. The smallest absolute Gasteiger partial charge is 0.221 e. The molecule has 0 saturated heterocycles. The van der Waals surface area contributed by atoms with E-state index in [9.17, 15) is 0 Å². The molecular weight excluding hydrogens is 406 g/mol. The number of aliphatic imine (C=N–C) groups is 1. The summed E-state index contributed by atoms with van der Waals surface area (Å²) in [5.74, 6) is 5.00. The quantitative estimate of drug-likeness (QED) is 0.183. The molecule has 0 N–H and O–H groups in total. The van der Waals surface area contributed by atoms with Gasteiger partial charge in [0.2, 0.25) is 5.90 Å². The van der Waals surface area contributed by atoms with E-state index in [4.69, 9.17) is 18.9 Å². The molecule has 0 atom stereocenters. The zero-order chi connectivity index (χ0) is 22.7. The minimum Gasteiger partial charge on any atom is -0.493 e. The molecule has 2 aromatic carbocycles. The molecule has 0 radical (unpaired) electrons. The van der Waals surface area contributed by atoms with Gasteiger partial charge in [-0.1, -0.05) is 55.9 Å². The third kappa shape index (κ3) is 7.78. The average molecular weight is 440 g/mol. The third-order valence-corrected chi connectivity index (χ3v) is 5.09. The molecule has 5 nitrogen and oxygen atoms in total. The summed E-state index contributed by atoms with van der Waals surface area (Å²) in [7, 11) is 1.66. The Labute approximate surface area is 187 Å². The molecule has 6 heteroatoms. The summed E-state index contributed by atoms with van der Waals surface area (Å²) < 4.78 is 22.9. The normalized spacial score (nSPS) is 11.5. The molecule has 0 unspecified atom stereocenters. The molecule has 0 bridgehead atoms.